The zero-order valence-corrected chi connectivity index (χ0v) is 17.2. The van der Waals surface area contributed by atoms with Gasteiger partial charge in [0.2, 0.25) is 5.76 Å². The molecule has 3 aromatic heterocycles. The zero-order chi connectivity index (χ0) is 22.1. The average molecular weight is 422 g/mol. The lowest BCUT2D eigenvalue weighted by molar-refractivity contribution is 0.0563. The number of fused-ring (bicyclic) bond motifs is 2. The van der Waals surface area contributed by atoms with E-state index in [0.29, 0.717) is 23.7 Å². The van der Waals surface area contributed by atoms with E-state index in [1.165, 1.54) is 7.11 Å². The van der Waals surface area contributed by atoms with Crippen molar-refractivity contribution in [3.05, 3.63) is 89.8 Å². The van der Waals surface area contributed by atoms with E-state index in [0.717, 1.165) is 27.5 Å². The predicted octanol–water partition coefficient (Wildman–Crippen LogP) is 5.01. The Kier molecular flexibility index (Phi) is 4.81. The minimum atomic E-state index is -0.512. The van der Waals surface area contributed by atoms with Gasteiger partial charge >= 0.3 is 5.97 Å². The largest absolute Gasteiger partial charge is 0.463 e. The van der Waals surface area contributed by atoms with Crippen molar-refractivity contribution >= 4 is 39.6 Å². The number of methoxy groups -OCH3 is 1. The van der Waals surface area contributed by atoms with Crippen LogP contribution in [0.2, 0.25) is 0 Å². The van der Waals surface area contributed by atoms with Gasteiger partial charge in [-0.15, -0.1) is 0 Å². The van der Waals surface area contributed by atoms with Gasteiger partial charge in [0, 0.05) is 22.7 Å². The second-order valence-electron chi connectivity index (χ2n) is 7.26. The molecule has 3 heterocycles. The number of nitrogens with zero attached hydrogens (tertiary/aromatic N) is 3. The molecule has 0 aliphatic rings. The number of para-hydroxylation sites is 3. The average Bonchev–Trinajstić information content (AvgIpc) is 3.55. The summed E-state index contributed by atoms with van der Waals surface area (Å²) in [5.74, 6) is 0.802. The molecular weight excluding hydrogens is 404 g/mol. The first-order chi connectivity index (χ1) is 15.7. The van der Waals surface area contributed by atoms with Crippen molar-refractivity contribution in [3.8, 4) is 6.07 Å². The van der Waals surface area contributed by atoms with Crippen LogP contribution in [-0.4, -0.2) is 27.6 Å². The maximum atomic E-state index is 11.7. The van der Waals surface area contributed by atoms with Gasteiger partial charge < -0.3 is 18.7 Å². The van der Waals surface area contributed by atoms with Gasteiger partial charge in [-0.05, 0) is 36.4 Å². The lowest BCUT2D eigenvalue weighted by atomic mass is 10.1. The van der Waals surface area contributed by atoms with E-state index in [1.807, 2.05) is 65.4 Å². The van der Waals surface area contributed by atoms with Gasteiger partial charge in [-0.2, -0.15) is 5.26 Å². The van der Waals surface area contributed by atoms with Crippen molar-refractivity contribution in [1.29, 1.82) is 5.26 Å². The molecule has 0 bridgehead atoms. The molecule has 0 radical (unpaired) electrons. The molecule has 5 rings (SSSR count). The summed E-state index contributed by atoms with van der Waals surface area (Å²) >= 11 is 0. The van der Waals surface area contributed by atoms with Crippen molar-refractivity contribution in [2.24, 2.45) is 0 Å². The highest BCUT2D eigenvalue weighted by atomic mass is 16.5. The van der Waals surface area contributed by atoms with Gasteiger partial charge in [-0.25, -0.2) is 9.78 Å². The highest BCUT2D eigenvalue weighted by molar-refractivity contribution is 5.98. The Morgan fingerprint density at radius 2 is 2.00 bits per heavy atom. The molecule has 0 atom stereocenters. The number of H-pyrrole nitrogens is 1. The van der Waals surface area contributed by atoms with Crippen LogP contribution in [0.1, 0.15) is 27.7 Å². The molecule has 5 aromatic rings. The SMILES string of the molecule is COC(=O)c1ccc(Cn2cc(C=C(C#N)c3nc4ccccc4[nH]3)c3ccccc32)o1. The minimum absolute atomic E-state index is 0.163. The topological polar surface area (TPSA) is 96.8 Å². The number of nitrogens with one attached hydrogen (secondary N) is 1. The summed E-state index contributed by atoms with van der Waals surface area (Å²) in [6.45, 7) is 0.428. The molecule has 0 saturated heterocycles. The third-order valence-corrected chi connectivity index (χ3v) is 5.26. The van der Waals surface area contributed by atoms with Gasteiger partial charge in [0.15, 0.2) is 0 Å². The monoisotopic (exact) mass is 422 g/mol. The van der Waals surface area contributed by atoms with Crippen molar-refractivity contribution in [2.45, 2.75) is 6.54 Å². The number of benzene rings is 2. The third-order valence-electron chi connectivity index (χ3n) is 5.26. The number of esters is 1. The molecule has 0 unspecified atom stereocenters. The number of nitriles is 1. The predicted molar refractivity (Wildman–Crippen MR) is 121 cm³/mol. The summed E-state index contributed by atoms with van der Waals surface area (Å²) < 4.78 is 12.4. The zero-order valence-electron chi connectivity index (χ0n) is 17.2. The number of ether oxygens (including phenoxy) is 1. The van der Waals surface area contributed by atoms with Crippen molar-refractivity contribution in [2.75, 3.05) is 7.11 Å². The molecule has 156 valence electrons. The van der Waals surface area contributed by atoms with Crippen LogP contribution < -0.4 is 0 Å². The number of hydrogen-bond acceptors (Lipinski definition) is 5. The molecule has 0 spiro atoms. The number of aromatic amines is 1. The van der Waals surface area contributed by atoms with Gasteiger partial charge in [0.1, 0.15) is 17.7 Å². The number of carbonyl (C=O) groups is 1. The molecule has 7 heteroatoms. The molecule has 0 aliphatic heterocycles. The summed E-state index contributed by atoms with van der Waals surface area (Å²) in [4.78, 5) is 19.4. The highest BCUT2D eigenvalue weighted by Crippen LogP contribution is 2.27. The van der Waals surface area contributed by atoms with Gasteiger partial charge in [-0.1, -0.05) is 30.3 Å². The molecule has 0 saturated carbocycles. The molecule has 0 amide bonds. The summed E-state index contributed by atoms with van der Waals surface area (Å²) in [6, 6.07) is 21.2. The lowest BCUT2D eigenvalue weighted by Crippen LogP contribution is -1.99. The van der Waals surface area contributed by atoms with Crippen LogP contribution >= 0.6 is 0 Å². The maximum Gasteiger partial charge on any atom is 0.373 e. The van der Waals surface area contributed by atoms with E-state index in [9.17, 15) is 10.1 Å². The Morgan fingerprint density at radius 3 is 2.81 bits per heavy atom. The molecule has 2 aromatic carbocycles. The fraction of sp³-hybridized carbons (Fsp3) is 0.0800. The van der Waals surface area contributed by atoms with Crippen LogP contribution in [0.5, 0.6) is 0 Å². The van der Waals surface area contributed by atoms with E-state index in [2.05, 4.69) is 16.0 Å². The molecule has 7 nitrogen and oxygen atoms in total. The number of hydrogen-bond donors (Lipinski definition) is 1. The van der Waals surface area contributed by atoms with Crippen molar-refractivity contribution in [1.82, 2.24) is 14.5 Å². The number of carbonyl (C=O) groups excluding carboxylic acids is 1. The highest BCUT2D eigenvalue weighted by Gasteiger charge is 2.14. The first-order valence-corrected chi connectivity index (χ1v) is 9.98. The minimum Gasteiger partial charge on any atom is -0.463 e. The van der Waals surface area contributed by atoms with Crippen LogP contribution in [0.15, 0.2) is 71.3 Å². The van der Waals surface area contributed by atoms with Gasteiger partial charge in [-0.3, -0.25) is 0 Å². The van der Waals surface area contributed by atoms with E-state index < -0.39 is 5.97 Å². The molecule has 0 aliphatic carbocycles. The van der Waals surface area contributed by atoms with Gasteiger partial charge in [0.05, 0.1) is 30.3 Å². The van der Waals surface area contributed by atoms with Gasteiger partial charge in [0.25, 0.3) is 0 Å². The summed E-state index contributed by atoms with van der Waals surface area (Å²) in [6.07, 6.45) is 3.80. The number of furan rings is 1. The van der Waals surface area contributed by atoms with Crippen molar-refractivity contribution < 1.29 is 13.9 Å². The Bertz CT molecular complexity index is 1490. The fourth-order valence-electron chi connectivity index (χ4n) is 3.75. The number of allylic oxidation sites excluding steroid dienone is 1. The summed E-state index contributed by atoms with van der Waals surface area (Å²) in [5.41, 5.74) is 4.00. The lowest BCUT2D eigenvalue weighted by Gasteiger charge is -2.02. The number of aromatic nitrogens is 3. The van der Waals surface area contributed by atoms with Crippen molar-refractivity contribution in [3.63, 3.8) is 0 Å². The standard InChI is InChI=1S/C25H18N4O3/c1-31-25(30)23-11-10-18(32-23)15-29-14-17(19-6-2-5-9-22(19)29)12-16(13-26)24-27-20-7-3-4-8-21(20)28-24/h2-12,14H,15H2,1H3,(H,27,28). The second kappa shape index (κ2) is 7.93. The van der Waals surface area contributed by atoms with Crippen LogP contribution in [0.4, 0.5) is 0 Å². The normalized spacial score (nSPS) is 11.7. The Balaban J connectivity index is 1.55. The Hall–Kier alpha value is -4.57. The maximum absolute atomic E-state index is 11.7. The van der Waals surface area contributed by atoms with Crippen LogP contribution in [-0.2, 0) is 11.3 Å². The molecule has 0 fully saturated rings. The van der Waals surface area contributed by atoms with E-state index >= 15 is 0 Å². The van der Waals surface area contributed by atoms with Crippen LogP contribution in [0.3, 0.4) is 0 Å². The number of imidazole rings is 1. The van der Waals surface area contributed by atoms with E-state index in [-0.39, 0.29) is 5.76 Å². The smallest absolute Gasteiger partial charge is 0.373 e. The first kappa shape index (κ1) is 19.4. The second-order valence-corrected chi connectivity index (χ2v) is 7.26. The Labute approximate surface area is 183 Å². The number of rotatable bonds is 5. The Morgan fingerprint density at radius 1 is 1.19 bits per heavy atom. The van der Waals surface area contributed by atoms with E-state index in [4.69, 9.17) is 9.15 Å². The fourth-order valence-corrected chi connectivity index (χ4v) is 3.75. The van der Waals surface area contributed by atoms with Crippen LogP contribution in [0.25, 0.3) is 33.6 Å². The molecule has 32 heavy (non-hydrogen) atoms. The molecule has 1 N–H and O–H groups in total. The quantitative estimate of drug-likeness (QED) is 0.317. The third kappa shape index (κ3) is 3.44. The summed E-state index contributed by atoms with van der Waals surface area (Å²) in [7, 11) is 1.32. The molecular formula is C25H18N4O3. The van der Waals surface area contributed by atoms with Crippen LogP contribution in [0, 0.1) is 11.3 Å². The van der Waals surface area contributed by atoms with E-state index in [1.54, 1.807) is 12.1 Å². The first-order valence-electron chi connectivity index (χ1n) is 9.98. The summed E-state index contributed by atoms with van der Waals surface area (Å²) in [5, 5.41) is 10.8.